The zero-order valence-corrected chi connectivity index (χ0v) is 14.7. The Balaban J connectivity index is 5.04. The van der Waals surface area contributed by atoms with Crippen molar-refractivity contribution in [2.75, 3.05) is 13.2 Å². The Morgan fingerprint density at radius 1 is 0.682 bits per heavy atom. The predicted octanol–water partition coefficient (Wildman–Crippen LogP) is 4.57. The van der Waals surface area contributed by atoms with E-state index in [4.69, 9.17) is 9.47 Å². The fraction of sp³-hybridized carbons (Fsp3) is 0.778. The summed E-state index contributed by atoms with van der Waals surface area (Å²) in [4.78, 5) is 24.4. The van der Waals surface area contributed by atoms with Crippen molar-refractivity contribution in [1.82, 2.24) is 0 Å². The Hall–Kier alpha value is -1.32. The van der Waals surface area contributed by atoms with Gasteiger partial charge in [-0.3, -0.25) is 0 Å². The van der Waals surface area contributed by atoms with E-state index in [1.165, 1.54) is 0 Å². The highest BCUT2D eigenvalue weighted by atomic mass is 16.5. The van der Waals surface area contributed by atoms with E-state index in [1.54, 1.807) is 0 Å². The number of carbonyl (C=O) groups excluding carboxylic acids is 2. The van der Waals surface area contributed by atoms with Crippen LogP contribution in [-0.2, 0) is 19.1 Å². The Morgan fingerprint density at radius 2 is 1.23 bits per heavy atom. The second kappa shape index (κ2) is 13.4. The van der Waals surface area contributed by atoms with Gasteiger partial charge in [0.05, 0.1) is 13.2 Å². The summed E-state index contributed by atoms with van der Waals surface area (Å²) in [5.41, 5.74) is 0.985. The van der Waals surface area contributed by atoms with E-state index in [0.29, 0.717) is 37.2 Å². The number of esters is 2. The van der Waals surface area contributed by atoms with Crippen LogP contribution in [0.25, 0.3) is 0 Å². The van der Waals surface area contributed by atoms with Gasteiger partial charge >= 0.3 is 11.9 Å². The molecule has 128 valence electrons. The first-order valence-corrected chi connectivity index (χ1v) is 8.68. The highest BCUT2D eigenvalue weighted by Gasteiger charge is 2.21. The van der Waals surface area contributed by atoms with Gasteiger partial charge in [-0.05, 0) is 32.1 Å². The van der Waals surface area contributed by atoms with Gasteiger partial charge in [0.1, 0.15) is 0 Å². The second-order valence-corrected chi connectivity index (χ2v) is 5.39. The maximum absolute atomic E-state index is 12.3. The Bertz CT molecular complexity index is 358. The average molecular weight is 312 g/mol. The Labute approximate surface area is 135 Å². The number of hydrogen-bond acceptors (Lipinski definition) is 4. The van der Waals surface area contributed by atoms with Crippen LogP contribution in [0.5, 0.6) is 0 Å². The quantitative estimate of drug-likeness (QED) is 0.301. The molecule has 0 radical (unpaired) electrons. The Kier molecular flexibility index (Phi) is 12.5. The van der Waals surface area contributed by atoms with Gasteiger partial charge < -0.3 is 9.47 Å². The molecule has 0 bridgehead atoms. The first-order chi connectivity index (χ1) is 10.6. The van der Waals surface area contributed by atoms with E-state index in [1.807, 2.05) is 20.8 Å². The lowest BCUT2D eigenvalue weighted by Crippen LogP contribution is -2.17. The first kappa shape index (κ1) is 20.7. The minimum absolute atomic E-state index is 0.358. The van der Waals surface area contributed by atoms with Crippen LogP contribution in [-0.4, -0.2) is 25.2 Å². The molecule has 0 saturated carbocycles. The van der Waals surface area contributed by atoms with Crippen molar-refractivity contribution in [1.29, 1.82) is 0 Å². The highest BCUT2D eigenvalue weighted by Crippen LogP contribution is 2.20. The number of rotatable bonds is 12. The normalized spacial score (nSPS) is 11.8. The molecule has 0 heterocycles. The van der Waals surface area contributed by atoms with Gasteiger partial charge in [0.15, 0.2) is 0 Å². The molecule has 0 aromatic heterocycles. The minimum Gasteiger partial charge on any atom is -0.462 e. The molecule has 0 saturated heterocycles. The molecule has 0 aromatic rings. The molecule has 0 amide bonds. The standard InChI is InChI=1S/C18H32O4/c1-5-9-10-11-12-16(18(20)22-14-7-3)15(8-4)17(19)21-13-6-2/h5-14H2,1-4H3. The van der Waals surface area contributed by atoms with Crippen molar-refractivity contribution in [3.63, 3.8) is 0 Å². The molecular formula is C18H32O4. The van der Waals surface area contributed by atoms with Crippen LogP contribution in [0.2, 0.25) is 0 Å². The van der Waals surface area contributed by atoms with Gasteiger partial charge in [-0.15, -0.1) is 0 Å². The monoisotopic (exact) mass is 312 g/mol. The third kappa shape index (κ3) is 8.20. The highest BCUT2D eigenvalue weighted by molar-refractivity contribution is 6.00. The molecule has 0 unspecified atom stereocenters. The van der Waals surface area contributed by atoms with E-state index in [9.17, 15) is 9.59 Å². The number of carbonyl (C=O) groups is 2. The van der Waals surface area contributed by atoms with Gasteiger partial charge in [0.2, 0.25) is 0 Å². The first-order valence-electron chi connectivity index (χ1n) is 8.68. The third-order valence-electron chi connectivity index (χ3n) is 3.37. The lowest BCUT2D eigenvalue weighted by Gasteiger charge is -2.13. The van der Waals surface area contributed by atoms with Crippen molar-refractivity contribution in [3.05, 3.63) is 11.1 Å². The summed E-state index contributed by atoms with van der Waals surface area (Å²) in [5.74, 6) is -0.730. The van der Waals surface area contributed by atoms with E-state index < -0.39 is 0 Å². The second-order valence-electron chi connectivity index (χ2n) is 5.39. The summed E-state index contributed by atoms with van der Waals surface area (Å²) in [7, 11) is 0. The molecule has 0 aliphatic rings. The van der Waals surface area contributed by atoms with Gasteiger partial charge in [0, 0.05) is 11.1 Å². The number of unbranched alkanes of at least 4 members (excludes halogenated alkanes) is 3. The van der Waals surface area contributed by atoms with Crippen LogP contribution >= 0.6 is 0 Å². The lowest BCUT2D eigenvalue weighted by molar-refractivity contribution is -0.142. The summed E-state index contributed by atoms with van der Waals surface area (Å²) < 4.78 is 10.4. The zero-order valence-electron chi connectivity index (χ0n) is 14.7. The van der Waals surface area contributed by atoms with Crippen molar-refractivity contribution in [2.24, 2.45) is 0 Å². The van der Waals surface area contributed by atoms with Crippen molar-refractivity contribution >= 4 is 11.9 Å². The van der Waals surface area contributed by atoms with Crippen LogP contribution in [0.1, 0.15) is 79.1 Å². The maximum atomic E-state index is 12.3. The van der Waals surface area contributed by atoms with Gasteiger partial charge in [-0.1, -0.05) is 47.0 Å². The molecule has 4 nitrogen and oxygen atoms in total. The summed E-state index contributed by atoms with van der Waals surface area (Å²) in [6.07, 6.45) is 6.86. The fourth-order valence-corrected chi connectivity index (χ4v) is 2.15. The van der Waals surface area contributed by atoms with Crippen molar-refractivity contribution < 1.29 is 19.1 Å². The van der Waals surface area contributed by atoms with Crippen molar-refractivity contribution in [2.45, 2.75) is 79.1 Å². The zero-order chi connectivity index (χ0) is 16.8. The topological polar surface area (TPSA) is 52.6 Å². The smallest absolute Gasteiger partial charge is 0.334 e. The van der Waals surface area contributed by atoms with Gasteiger partial charge in [0.25, 0.3) is 0 Å². The molecule has 0 atom stereocenters. The molecule has 0 fully saturated rings. The molecule has 0 N–H and O–H groups in total. The SMILES string of the molecule is CCCCCCC(C(=O)OCCC)=C(CC)C(=O)OCCC. The van der Waals surface area contributed by atoms with E-state index in [2.05, 4.69) is 6.92 Å². The summed E-state index contributed by atoms with van der Waals surface area (Å²) >= 11 is 0. The fourth-order valence-electron chi connectivity index (χ4n) is 2.15. The molecule has 0 aliphatic heterocycles. The summed E-state index contributed by atoms with van der Waals surface area (Å²) in [6.45, 7) is 8.69. The van der Waals surface area contributed by atoms with Crippen LogP contribution in [0.3, 0.4) is 0 Å². The van der Waals surface area contributed by atoms with Gasteiger partial charge in [-0.25, -0.2) is 9.59 Å². The Morgan fingerprint density at radius 3 is 1.68 bits per heavy atom. The largest absolute Gasteiger partial charge is 0.462 e. The van der Waals surface area contributed by atoms with Crippen LogP contribution in [0, 0.1) is 0 Å². The summed E-state index contributed by atoms with van der Waals surface area (Å²) in [5, 5.41) is 0. The van der Waals surface area contributed by atoms with Crippen LogP contribution in [0.4, 0.5) is 0 Å². The average Bonchev–Trinajstić information content (AvgIpc) is 2.53. The molecule has 0 rings (SSSR count). The molecular weight excluding hydrogens is 280 g/mol. The van der Waals surface area contributed by atoms with Crippen molar-refractivity contribution in [3.8, 4) is 0 Å². The lowest BCUT2D eigenvalue weighted by atomic mass is 9.99. The molecule has 0 aromatic carbocycles. The number of hydrogen-bond donors (Lipinski definition) is 0. The van der Waals surface area contributed by atoms with E-state index in [-0.39, 0.29) is 11.9 Å². The minimum atomic E-state index is -0.372. The van der Waals surface area contributed by atoms with E-state index in [0.717, 1.165) is 38.5 Å². The molecule has 4 heteroatoms. The third-order valence-corrected chi connectivity index (χ3v) is 3.37. The van der Waals surface area contributed by atoms with Gasteiger partial charge in [-0.2, -0.15) is 0 Å². The number of ether oxygens (including phenoxy) is 2. The summed E-state index contributed by atoms with van der Waals surface area (Å²) in [6, 6.07) is 0. The maximum Gasteiger partial charge on any atom is 0.334 e. The molecule has 0 aliphatic carbocycles. The molecule has 0 spiro atoms. The molecule has 22 heavy (non-hydrogen) atoms. The van der Waals surface area contributed by atoms with Crippen LogP contribution < -0.4 is 0 Å². The predicted molar refractivity (Wildman–Crippen MR) is 88.6 cm³/mol. The van der Waals surface area contributed by atoms with E-state index >= 15 is 0 Å². The van der Waals surface area contributed by atoms with Crippen LogP contribution in [0.15, 0.2) is 11.1 Å².